The second kappa shape index (κ2) is 6.83. The fourth-order valence-corrected chi connectivity index (χ4v) is 3.10. The van der Waals surface area contributed by atoms with E-state index in [0.717, 1.165) is 17.6 Å². The van der Waals surface area contributed by atoms with Gasteiger partial charge in [-0.25, -0.2) is 0 Å². The number of hydrogen-bond acceptors (Lipinski definition) is 3. The quantitative estimate of drug-likeness (QED) is 0.794. The molecule has 1 aliphatic heterocycles. The summed E-state index contributed by atoms with van der Waals surface area (Å²) in [5.41, 5.74) is 9.39. The van der Waals surface area contributed by atoms with Crippen LogP contribution in [0.25, 0.3) is 5.57 Å². The van der Waals surface area contributed by atoms with Gasteiger partial charge in [0.2, 0.25) is 5.91 Å². The molecule has 3 rings (SSSR count). The smallest absolute Gasteiger partial charge is 0.271 e. The molecule has 0 spiro atoms. The monoisotopic (exact) mass is 351 g/mol. The predicted octanol–water partition coefficient (Wildman–Crippen LogP) is 2.96. The summed E-state index contributed by atoms with van der Waals surface area (Å²) in [7, 11) is 0. The Hall–Kier alpha value is -2.82. The molecule has 5 heteroatoms. The van der Waals surface area contributed by atoms with Crippen molar-refractivity contribution in [3.8, 4) is 0 Å². The summed E-state index contributed by atoms with van der Waals surface area (Å²) in [6.45, 7) is 6.51. The highest BCUT2D eigenvalue weighted by Crippen LogP contribution is 2.28. The van der Waals surface area contributed by atoms with Crippen molar-refractivity contribution >= 4 is 17.2 Å². The van der Waals surface area contributed by atoms with Crippen molar-refractivity contribution in [2.75, 3.05) is 5.73 Å². The summed E-state index contributed by atoms with van der Waals surface area (Å²) < 4.78 is 0. The third-order valence-corrected chi connectivity index (χ3v) is 4.69. The molecule has 1 aliphatic rings. The highest BCUT2D eigenvalue weighted by atomic mass is 16.2. The van der Waals surface area contributed by atoms with Gasteiger partial charge < -0.3 is 16.0 Å². The van der Waals surface area contributed by atoms with E-state index in [1.54, 1.807) is 12.1 Å². The number of pyridine rings is 1. The number of anilines is 1. The lowest BCUT2D eigenvalue weighted by Gasteiger charge is -2.20. The molecule has 2 heterocycles. The number of carbonyl (C=O) groups is 1. The lowest BCUT2D eigenvalue weighted by atomic mass is 9.86. The van der Waals surface area contributed by atoms with Gasteiger partial charge in [0.1, 0.15) is 0 Å². The Kier molecular flexibility index (Phi) is 4.72. The van der Waals surface area contributed by atoms with Crippen LogP contribution in [0.15, 0.2) is 47.3 Å². The number of benzene rings is 1. The van der Waals surface area contributed by atoms with E-state index in [9.17, 15) is 9.59 Å². The molecule has 2 aromatic rings. The highest BCUT2D eigenvalue weighted by Gasteiger charge is 2.21. The summed E-state index contributed by atoms with van der Waals surface area (Å²) in [5, 5.41) is 2.95. The van der Waals surface area contributed by atoms with E-state index >= 15 is 0 Å². The number of carbonyl (C=O) groups excluding carboxylic acids is 1. The largest absolute Gasteiger partial charge is 0.394 e. The molecular weight excluding hydrogens is 326 g/mol. The Bertz CT molecular complexity index is 902. The maximum atomic E-state index is 12.0. The van der Waals surface area contributed by atoms with Crippen LogP contribution >= 0.6 is 0 Å². The van der Waals surface area contributed by atoms with Crippen molar-refractivity contribution in [3.05, 3.63) is 69.6 Å². The van der Waals surface area contributed by atoms with Crippen LogP contribution in [0.1, 0.15) is 50.4 Å². The van der Waals surface area contributed by atoms with Gasteiger partial charge in [-0.2, -0.15) is 0 Å². The lowest BCUT2D eigenvalue weighted by Crippen LogP contribution is -2.23. The topological polar surface area (TPSA) is 88.0 Å². The first kappa shape index (κ1) is 18.0. The third kappa shape index (κ3) is 3.87. The molecule has 1 amide bonds. The second-order valence-corrected chi connectivity index (χ2v) is 7.78. The summed E-state index contributed by atoms with van der Waals surface area (Å²) in [6.07, 6.45) is 3.29. The van der Waals surface area contributed by atoms with E-state index in [1.165, 1.54) is 5.56 Å². The van der Waals surface area contributed by atoms with Crippen molar-refractivity contribution in [2.45, 2.75) is 45.1 Å². The van der Waals surface area contributed by atoms with Crippen LogP contribution in [0.4, 0.5) is 5.69 Å². The molecule has 5 nitrogen and oxygen atoms in total. The molecule has 1 atom stereocenters. The number of nitrogens with one attached hydrogen (secondary N) is 2. The molecule has 0 unspecified atom stereocenters. The summed E-state index contributed by atoms with van der Waals surface area (Å²) in [4.78, 5) is 26.4. The molecule has 1 aromatic heterocycles. The standard InChI is InChI=1S/C21H25N3O2/c1-21(2,3)14-6-4-13(5-7-14)16(12-15-8-11-19(25)23-15)18-10-9-17(22)20(26)24-18/h4-7,9-10,12,15H,8,11,22H2,1-3H3,(H,23,25)(H,24,26)/b16-12+/t15-/m1/s1. The number of hydrogen-bond donors (Lipinski definition) is 3. The van der Waals surface area contributed by atoms with Gasteiger partial charge in [0.05, 0.1) is 5.69 Å². The van der Waals surface area contributed by atoms with Gasteiger partial charge in [-0.15, -0.1) is 0 Å². The van der Waals surface area contributed by atoms with Gasteiger partial charge in [-0.3, -0.25) is 9.59 Å². The van der Waals surface area contributed by atoms with Crippen molar-refractivity contribution < 1.29 is 4.79 Å². The Balaban J connectivity index is 2.05. The molecule has 136 valence electrons. The lowest BCUT2D eigenvalue weighted by molar-refractivity contribution is -0.119. The SMILES string of the molecule is CC(C)(C)c1ccc(/C(=C\[C@H]2CCC(=O)N2)c2ccc(N)c(=O)[nH]2)cc1. The minimum absolute atomic E-state index is 0.0409. The second-order valence-electron chi connectivity index (χ2n) is 7.78. The first-order valence-electron chi connectivity index (χ1n) is 8.85. The zero-order valence-electron chi connectivity index (χ0n) is 15.4. The summed E-state index contributed by atoms with van der Waals surface area (Å²) >= 11 is 0. The zero-order chi connectivity index (χ0) is 18.9. The average Bonchev–Trinajstić information content (AvgIpc) is 3.00. The average molecular weight is 351 g/mol. The van der Waals surface area contributed by atoms with E-state index in [1.807, 2.05) is 6.08 Å². The van der Waals surface area contributed by atoms with Crippen LogP contribution in [0.3, 0.4) is 0 Å². The normalized spacial score (nSPS) is 18.0. The van der Waals surface area contributed by atoms with Gasteiger partial charge in [0.15, 0.2) is 0 Å². The van der Waals surface area contributed by atoms with E-state index in [0.29, 0.717) is 12.1 Å². The van der Waals surface area contributed by atoms with Crippen molar-refractivity contribution in [1.82, 2.24) is 10.3 Å². The first-order chi connectivity index (χ1) is 12.2. The van der Waals surface area contributed by atoms with E-state index in [-0.39, 0.29) is 28.6 Å². The number of nitrogen functional groups attached to an aromatic ring is 1. The van der Waals surface area contributed by atoms with Gasteiger partial charge in [0, 0.05) is 23.7 Å². The van der Waals surface area contributed by atoms with E-state index in [2.05, 4.69) is 55.3 Å². The molecule has 26 heavy (non-hydrogen) atoms. The number of H-pyrrole nitrogens is 1. The molecule has 1 fully saturated rings. The van der Waals surface area contributed by atoms with E-state index < -0.39 is 0 Å². The molecule has 1 aromatic carbocycles. The Labute approximate surface area is 153 Å². The van der Waals surface area contributed by atoms with Crippen LogP contribution in [-0.2, 0) is 10.2 Å². The Morgan fingerprint density at radius 3 is 2.35 bits per heavy atom. The van der Waals surface area contributed by atoms with Crippen molar-refractivity contribution in [2.24, 2.45) is 0 Å². The number of aromatic amines is 1. The van der Waals surface area contributed by atoms with Gasteiger partial charge in [0.25, 0.3) is 5.56 Å². The molecule has 1 saturated heterocycles. The van der Waals surface area contributed by atoms with Crippen LogP contribution < -0.4 is 16.6 Å². The van der Waals surface area contributed by atoms with Crippen LogP contribution in [0.2, 0.25) is 0 Å². The number of aromatic nitrogens is 1. The van der Waals surface area contributed by atoms with Crippen LogP contribution in [0, 0.1) is 0 Å². The minimum Gasteiger partial charge on any atom is -0.394 e. The van der Waals surface area contributed by atoms with Crippen molar-refractivity contribution in [3.63, 3.8) is 0 Å². The van der Waals surface area contributed by atoms with E-state index in [4.69, 9.17) is 5.73 Å². The zero-order valence-corrected chi connectivity index (χ0v) is 15.4. The van der Waals surface area contributed by atoms with Crippen LogP contribution in [-0.4, -0.2) is 16.9 Å². The fourth-order valence-electron chi connectivity index (χ4n) is 3.10. The maximum absolute atomic E-state index is 12.0. The number of nitrogens with two attached hydrogens (primary N) is 1. The van der Waals surface area contributed by atoms with Gasteiger partial charge in [-0.05, 0) is 35.1 Å². The van der Waals surface area contributed by atoms with Crippen molar-refractivity contribution in [1.29, 1.82) is 0 Å². The Morgan fingerprint density at radius 2 is 1.81 bits per heavy atom. The van der Waals surface area contributed by atoms with Gasteiger partial charge in [-0.1, -0.05) is 51.1 Å². The third-order valence-electron chi connectivity index (χ3n) is 4.69. The molecule has 0 aliphatic carbocycles. The molecule has 0 radical (unpaired) electrons. The fraction of sp³-hybridized carbons (Fsp3) is 0.333. The maximum Gasteiger partial charge on any atom is 0.271 e. The van der Waals surface area contributed by atoms with Gasteiger partial charge >= 0.3 is 0 Å². The number of rotatable bonds is 3. The first-order valence-corrected chi connectivity index (χ1v) is 8.85. The minimum atomic E-state index is -0.310. The molecule has 0 bridgehead atoms. The molecule has 4 N–H and O–H groups in total. The highest BCUT2D eigenvalue weighted by molar-refractivity contribution is 5.82. The number of amides is 1. The summed E-state index contributed by atoms with van der Waals surface area (Å²) in [5.74, 6) is 0.0551. The summed E-state index contributed by atoms with van der Waals surface area (Å²) in [6, 6.07) is 11.7. The molecule has 0 saturated carbocycles. The van der Waals surface area contributed by atoms with Crippen LogP contribution in [0.5, 0.6) is 0 Å². The predicted molar refractivity (Wildman–Crippen MR) is 105 cm³/mol. The molecular formula is C21H25N3O2. The Morgan fingerprint density at radius 1 is 1.12 bits per heavy atom.